The second-order valence-corrected chi connectivity index (χ2v) is 10.3. The molecule has 188 valence electrons. The third-order valence-electron chi connectivity index (χ3n) is 7.00. The molecule has 1 aromatic carbocycles. The molecule has 1 amide bonds. The minimum Gasteiger partial charge on any atom is -0.393 e. The standard InChI is InChI=1S/C26H43ClN2O4/c1-19(2)25(31)20(17-28-3)15-24(30)29-13-8-10-22(18-29)26(32,12-5-6-14-33-4)21-9-7-11-23(27)16-21/h7,9,11,16,19-20,22,25,28,31-32H,5-6,8,10,12-15,17-18H2,1-4H3/t20-,22-,25+,26-/m1/s1. The number of nitrogens with zero attached hydrogens (tertiary/aromatic N) is 1. The Morgan fingerprint density at radius 1 is 1.36 bits per heavy atom. The van der Waals surface area contributed by atoms with Gasteiger partial charge >= 0.3 is 0 Å². The average molecular weight is 483 g/mol. The van der Waals surface area contributed by atoms with E-state index >= 15 is 0 Å². The summed E-state index contributed by atoms with van der Waals surface area (Å²) in [5, 5.41) is 26.3. The number of rotatable bonds is 13. The molecule has 1 aliphatic heterocycles. The van der Waals surface area contributed by atoms with Crippen molar-refractivity contribution in [3.8, 4) is 0 Å². The lowest BCUT2D eigenvalue weighted by Gasteiger charge is -2.43. The van der Waals surface area contributed by atoms with Crippen LogP contribution in [0.25, 0.3) is 0 Å². The molecule has 0 bridgehead atoms. The van der Waals surface area contributed by atoms with Gasteiger partial charge in [-0.05, 0) is 62.8 Å². The van der Waals surface area contributed by atoms with Gasteiger partial charge in [-0.25, -0.2) is 0 Å². The highest BCUT2D eigenvalue weighted by molar-refractivity contribution is 6.30. The van der Waals surface area contributed by atoms with Gasteiger partial charge in [0.25, 0.3) is 0 Å². The van der Waals surface area contributed by atoms with Gasteiger partial charge in [0.1, 0.15) is 0 Å². The first-order chi connectivity index (χ1) is 15.7. The zero-order valence-corrected chi connectivity index (χ0v) is 21.5. The van der Waals surface area contributed by atoms with Gasteiger partial charge < -0.3 is 25.2 Å². The quantitative estimate of drug-likeness (QED) is 0.372. The SMILES string of the molecule is CNC[C@@H](CC(=O)N1CCC[C@@H]([C@@](O)(CCCCOC)c2cccc(Cl)c2)C1)[C@@H](O)C(C)C. The lowest BCUT2D eigenvalue weighted by Crippen LogP contribution is -2.49. The number of benzene rings is 1. The Kier molecular flexibility index (Phi) is 11.6. The van der Waals surface area contributed by atoms with Crippen molar-refractivity contribution < 1.29 is 19.7 Å². The summed E-state index contributed by atoms with van der Waals surface area (Å²) in [5.74, 6) is -0.0736. The number of carbonyl (C=O) groups excluding carboxylic acids is 1. The smallest absolute Gasteiger partial charge is 0.223 e. The Morgan fingerprint density at radius 3 is 2.76 bits per heavy atom. The van der Waals surface area contributed by atoms with Crippen molar-refractivity contribution in [1.29, 1.82) is 0 Å². The molecule has 1 saturated heterocycles. The molecule has 0 unspecified atom stereocenters. The number of amides is 1. The minimum atomic E-state index is -1.06. The van der Waals surface area contributed by atoms with Gasteiger partial charge in [-0.2, -0.15) is 0 Å². The molecule has 3 N–H and O–H groups in total. The van der Waals surface area contributed by atoms with Crippen molar-refractivity contribution in [2.24, 2.45) is 17.8 Å². The molecule has 0 radical (unpaired) electrons. The molecule has 1 aliphatic rings. The van der Waals surface area contributed by atoms with Crippen molar-refractivity contribution in [2.75, 3.05) is 40.4 Å². The van der Waals surface area contributed by atoms with Gasteiger partial charge in [0.15, 0.2) is 0 Å². The number of nitrogens with one attached hydrogen (secondary N) is 1. The van der Waals surface area contributed by atoms with Crippen molar-refractivity contribution in [2.45, 2.75) is 64.1 Å². The highest BCUT2D eigenvalue weighted by Gasteiger charge is 2.41. The number of unbranched alkanes of at least 4 members (excludes halogenated alkanes) is 1. The van der Waals surface area contributed by atoms with Crippen LogP contribution in [0.5, 0.6) is 0 Å². The van der Waals surface area contributed by atoms with E-state index in [4.69, 9.17) is 16.3 Å². The molecule has 4 atom stereocenters. The largest absolute Gasteiger partial charge is 0.393 e. The van der Waals surface area contributed by atoms with Crippen LogP contribution in [-0.4, -0.2) is 67.5 Å². The van der Waals surface area contributed by atoms with Gasteiger partial charge in [-0.3, -0.25) is 4.79 Å². The Balaban J connectivity index is 2.17. The number of aliphatic hydroxyl groups excluding tert-OH is 1. The fourth-order valence-corrected chi connectivity index (χ4v) is 5.24. The molecule has 33 heavy (non-hydrogen) atoms. The first kappa shape index (κ1) is 28.1. The van der Waals surface area contributed by atoms with Crippen LogP contribution in [0, 0.1) is 17.8 Å². The number of likely N-dealkylation sites (tertiary alicyclic amines) is 1. The van der Waals surface area contributed by atoms with E-state index in [-0.39, 0.29) is 23.7 Å². The molecular weight excluding hydrogens is 440 g/mol. The minimum absolute atomic E-state index is 0.0486. The molecule has 0 aromatic heterocycles. The summed E-state index contributed by atoms with van der Waals surface area (Å²) < 4.78 is 5.19. The third-order valence-corrected chi connectivity index (χ3v) is 7.23. The van der Waals surface area contributed by atoms with Gasteiger partial charge in [-0.1, -0.05) is 37.6 Å². The molecule has 0 spiro atoms. The Labute approximate surface area is 204 Å². The summed E-state index contributed by atoms with van der Waals surface area (Å²) >= 11 is 6.27. The Hall–Kier alpha value is -1.18. The summed E-state index contributed by atoms with van der Waals surface area (Å²) in [4.78, 5) is 15.1. The molecule has 1 fully saturated rings. The summed E-state index contributed by atoms with van der Waals surface area (Å²) in [6.07, 6.45) is 3.76. The first-order valence-electron chi connectivity index (χ1n) is 12.3. The predicted octanol–water partition coefficient (Wildman–Crippen LogP) is 3.83. The zero-order chi connectivity index (χ0) is 24.4. The van der Waals surface area contributed by atoms with E-state index in [1.54, 1.807) is 7.11 Å². The maximum Gasteiger partial charge on any atom is 0.223 e. The molecule has 2 rings (SSSR count). The van der Waals surface area contributed by atoms with E-state index in [9.17, 15) is 15.0 Å². The van der Waals surface area contributed by atoms with E-state index in [1.807, 2.05) is 50.1 Å². The first-order valence-corrected chi connectivity index (χ1v) is 12.7. The molecule has 1 aromatic rings. The third kappa shape index (κ3) is 7.93. The molecule has 7 heteroatoms. The van der Waals surface area contributed by atoms with E-state index < -0.39 is 11.7 Å². The topological polar surface area (TPSA) is 82.0 Å². The van der Waals surface area contributed by atoms with Crippen molar-refractivity contribution in [3.63, 3.8) is 0 Å². The maximum atomic E-state index is 13.2. The molecular formula is C26H43ClN2O4. The second-order valence-electron chi connectivity index (χ2n) is 9.82. The summed E-state index contributed by atoms with van der Waals surface area (Å²) in [6.45, 7) is 6.40. The van der Waals surface area contributed by atoms with Crippen LogP contribution in [0.1, 0.15) is 57.9 Å². The molecule has 1 heterocycles. The van der Waals surface area contributed by atoms with Crippen LogP contribution in [-0.2, 0) is 15.1 Å². The number of piperidine rings is 1. The lowest BCUT2D eigenvalue weighted by atomic mass is 9.74. The highest BCUT2D eigenvalue weighted by Crippen LogP contribution is 2.40. The highest BCUT2D eigenvalue weighted by atomic mass is 35.5. The van der Waals surface area contributed by atoms with Crippen molar-refractivity contribution >= 4 is 17.5 Å². The number of aliphatic hydroxyl groups is 2. The van der Waals surface area contributed by atoms with Crippen molar-refractivity contribution in [3.05, 3.63) is 34.9 Å². The van der Waals surface area contributed by atoms with Crippen LogP contribution < -0.4 is 5.32 Å². The van der Waals surface area contributed by atoms with Crippen LogP contribution in [0.4, 0.5) is 0 Å². The maximum absolute atomic E-state index is 13.2. The van der Waals surface area contributed by atoms with Gasteiger partial charge in [-0.15, -0.1) is 0 Å². The summed E-state index contributed by atoms with van der Waals surface area (Å²) in [5.41, 5.74) is -0.241. The fourth-order valence-electron chi connectivity index (χ4n) is 5.05. The van der Waals surface area contributed by atoms with Crippen molar-refractivity contribution in [1.82, 2.24) is 10.2 Å². The van der Waals surface area contributed by atoms with Crippen LogP contribution in [0.15, 0.2) is 24.3 Å². The van der Waals surface area contributed by atoms with Crippen LogP contribution in [0.3, 0.4) is 0 Å². The Bertz CT molecular complexity index is 732. The Morgan fingerprint density at radius 2 is 2.12 bits per heavy atom. The van der Waals surface area contributed by atoms with Crippen LogP contribution >= 0.6 is 11.6 Å². The second kappa shape index (κ2) is 13.6. The van der Waals surface area contributed by atoms with E-state index in [1.165, 1.54) is 0 Å². The normalized spacial score (nSPS) is 20.5. The van der Waals surface area contributed by atoms with Gasteiger partial charge in [0.2, 0.25) is 5.91 Å². The number of hydrogen-bond donors (Lipinski definition) is 3. The molecule has 0 aliphatic carbocycles. The fraction of sp³-hybridized carbons (Fsp3) is 0.731. The number of carbonyl (C=O) groups is 1. The lowest BCUT2D eigenvalue weighted by molar-refractivity contribution is -0.139. The van der Waals surface area contributed by atoms with Gasteiger partial charge in [0, 0.05) is 56.6 Å². The number of ether oxygens (including phenoxy) is 1. The summed E-state index contributed by atoms with van der Waals surface area (Å²) in [6, 6.07) is 7.47. The summed E-state index contributed by atoms with van der Waals surface area (Å²) in [7, 11) is 3.53. The van der Waals surface area contributed by atoms with Gasteiger partial charge in [0.05, 0.1) is 11.7 Å². The van der Waals surface area contributed by atoms with E-state index in [0.29, 0.717) is 44.1 Å². The van der Waals surface area contributed by atoms with E-state index in [0.717, 1.165) is 31.2 Å². The number of halogens is 1. The number of methoxy groups -OCH3 is 1. The monoisotopic (exact) mass is 482 g/mol. The molecule has 0 saturated carbocycles. The average Bonchev–Trinajstić information content (AvgIpc) is 2.81. The van der Waals surface area contributed by atoms with E-state index in [2.05, 4.69) is 5.32 Å². The van der Waals surface area contributed by atoms with Crippen LogP contribution in [0.2, 0.25) is 5.02 Å². The number of hydrogen-bond acceptors (Lipinski definition) is 5. The zero-order valence-electron chi connectivity index (χ0n) is 20.7. The predicted molar refractivity (Wildman–Crippen MR) is 133 cm³/mol. The molecule has 6 nitrogen and oxygen atoms in total.